The number of rotatable bonds is 4. The van der Waals surface area contributed by atoms with Crippen LogP contribution in [0.3, 0.4) is 0 Å². The maximum absolute atomic E-state index is 9.65. The zero-order valence-electron chi connectivity index (χ0n) is 29.5. The number of fused-ring (bicyclic) bond motifs is 9. The summed E-state index contributed by atoms with van der Waals surface area (Å²) >= 11 is 0. The molecule has 3 aromatic heterocycles. The smallest absolute Gasteiger partial charge is 0.188 e. The van der Waals surface area contributed by atoms with E-state index < -0.39 is 0 Å². The minimum atomic E-state index is 0.623. The van der Waals surface area contributed by atoms with Crippen molar-refractivity contribution in [3.63, 3.8) is 0 Å². The van der Waals surface area contributed by atoms with E-state index in [1.807, 2.05) is 24.3 Å². The summed E-state index contributed by atoms with van der Waals surface area (Å²) in [5, 5.41) is 16.4. The minimum Gasteiger partial charge on any atom is -0.309 e. The van der Waals surface area contributed by atoms with Gasteiger partial charge in [0.2, 0.25) is 0 Å². The molecule has 3 heterocycles. The molecule has 0 radical (unpaired) electrons. The Balaban J connectivity index is 1.13. The predicted octanol–water partition coefficient (Wildman–Crippen LogP) is 13.1. The highest BCUT2D eigenvalue weighted by Gasteiger charge is 2.19. The monoisotopic (exact) mass is 699 g/mol. The van der Waals surface area contributed by atoms with Gasteiger partial charge in [-0.15, -0.1) is 0 Å². The molecule has 55 heavy (non-hydrogen) atoms. The molecule has 5 nitrogen and oxygen atoms in total. The van der Waals surface area contributed by atoms with Crippen molar-refractivity contribution in [3.8, 4) is 34.3 Å². The predicted molar refractivity (Wildman–Crippen MR) is 226 cm³/mol. The molecule has 0 saturated heterocycles. The number of hydrogen-bond acceptors (Lipinski definition) is 1. The van der Waals surface area contributed by atoms with Crippen molar-refractivity contribution in [2.45, 2.75) is 0 Å². The summed E-state index contributed by atoms with van der Waals surface area (Å²) in [5.41, 5.74) is 13.3. The Kier molecular flexibility index (Phi) is 6.61. The topological polar surface area (TPSA) is 42.9 Å². The zero-order valence-corrected chi connectivity index (χ0v) is 29.5. The van der Waals surface area contributed by atoms with Gasteiger partial charge in [-0.1, -0.05) is 84.9 Å². The number of nitriles is 1. The fourth-order valence-corrected chi connectivity index (χ4v) is 8.64. The van der Waals surface area contributed by atoms with E-state index in [2.05, 4.69) is 176 Å². The Morgan fingerprint density at radius 2 is 0.873 bits per heavy atom. The van der Waals surface area contributed by atoms with Crippen LogP contribution in [0.2, 0.25) is 0 Å². The Morgan fingerprint density at radius 1 is 0.382 bits per heavy atom. The van der Waals surface area contributed by atoms with Crippen LogP contribution in [-0.4, -0.2) is 13.7 Å². The molecule has 0 aliphatic heterocycles. The molecule has 5 heteroatoms. The SMILES string of the molecule is [C-]#[N+]c1ccc2c(c1)c1cc3c4ccccc4n(-c4ccccc4)c3cc1n2-c1cccc(-c2cccc(-n3c4ccccc4c4cc(C#N)ccc43)c2)c1. The number of aromatic nitrogens is 3. The molecular formula is C50H29N5. The summed E-state index contributed by atoms with van der Waals surface area (Å²) in [7, 11) is 0. The van der Waals surface area contributed by atoms with Crippen molar-refractivity contribution in [2.75, 3.05) is 0 Å². The second kappa shape index (κ2) is 11.8. The van der Waals surface area contributed by atoms with Gasteiger partial charge < -0.3 is 13.7 Å². The molecule has 0 saturated carbocycles. The molecule has 0 aliphatic carbocycles. The summed E-state index contributed by atoms with van der Waals surface area (Å²) in [5.74, 6) is 0. The average Bonchev–Trinajstić information content (AvgIpc) is 3.87. The van der Waals surface area contributed by atoms with Crippen molar-refractivity contribution in [2.24, 2.45) is 0 Å². The molecule has 0 spiro atoms. The lowest BCUT2D eigenvalue weighted by molar-refractivity contribution is 1.16. The lowest BCUT2D eigenvalue weighted by atomic mass is 10.0. The van der Waals surface area contributed by atoms with Crippen LogP contribution in [0.4, 0.5) is 5.69 Å². The summed E-state index contributed by atoms with van der Waals surface area (Å²) in [6.07, 6.45) is 0. The first-order chi connectivity index (χ1) is 27.2. The fourth-order valence-electron chi connectivity index (χ4n) is 8.64. The molecule has 11 rings (SSSR count). The van der Waals surface area contributed by atoms with Gasteiger partial charge in [-0.05, 0) is 108 Å². The Bertz CT molecular complexity index is 3450. The van der Waals surface area contributed by atoms with E-state index >= 15 is 0 Å². The molecule has 0 unspecified atom stereocenters. The fraction of sp³-hybridized carbons (Fsp3) is 0. The van der Waals surface area contributed by atoms with Crippen molar-refractivity contribution < 1.29 is 0 Å². The van der Waals surface area contributed by atoms with Crippen molar-refractivity contribution >= 4 is 71.1 Å². The number of hydrogen-bond donors (Lipinski definition) is 0. The van der Waals surface area contributed by atoms with E-state index in [1.165, 1.54) is 10.8 Å². The number of nitrogens with zero attached hydrogens (tertiary/aromatic N) is 5. The van der Waals surface area contributed by atoms with E-state index in [9.17, 15) is 5.26 Å². The standard InChI is InChI=1S/C50H29N5/c1-52-35-22-24-48-42(28-35)44-29-43-40-18-6-7-19-45(40)53(36-13-3-2-4-14-36)49(43)30-50(44)55(48)38-16-10-12-34(27-38)33-11-9-15-37(26-33)54-46-20-8-5-17-39(46)41-25-32(31-51)21-23-47(41)54/h2-30H. The molecule has 0 amide bonds. The summed E-state index contributed by atoms with van der Waals surface area (Å²) in [6.45, 7) is 7.84. The third-order valence-electron chi connectivity index (χ3n) is 11.0. The van der Waals surface area contributed by atoms with E-state index in [0.29, 0.717) is 11.3 Å². The lowest BCUT2D eigenvalue weighted by Crippen LogP contribution is -1.97. The summed E-state index contributed by atoms with van der Waals surface area (Å²) in [6, 6.07) is 63.9. The average molecular weight is 700 g/mol. The van der Waals surface area contributed by atoms with Gasteiger partial charge in [0.05, 0.1) is 51.3 Å². The second-order valence-electron chi connectivity index (χ2n) is 14.0. The summed E-state index contributed by atoms with van der Waals surface area (Å²) in [4.78, 5) is 3.82. The highest BCUT2D eigenvalue weighted by molar-refractivity contribution is 6.19. The van der Waals surface area contributed by atoms with Gasteiger partial charge in [-0.25, -0.2) is 4.85 Å². The van der Waals surface area contributed by atoms with Crippen LogP contribution in [0.5, 0.6) is 0 Å². The number of benzene rings is 8. The largest absolute Gasteiger partial charge is 0.309 e. The maximum atomic E-state index is 9.65. The third kappa shape index (κ3) is 4.58. The maximum Gasteiger partial charge on any atom is 0.188 e. The second-order valence-corrected chi connectivity index (χ2v) is 14.0. The van der Waals surface area contributed by atoms with Crippen molar-refractivity contribution in [1.82, 2.24) is 13.7 Å². The van der Waals surface area contributed by atoms with Gasteiger partial charge in [-0.2, -0.15) is 5.26 Å². The van der Waals surface area contributed by atoms with Crippen LogP contribution in [0, 0.1) is 17.9 Å². The highest BCUT2D eigenvalue weighted by Crippen LogP contribution is 2.41. The van der Waals surface area contributed by atoms with Crippen molar-refractivity contribution in [3.05, 3.63) is 193 Å². The van der Waals surface area contributed by atoms with Gasteiger partial charge in [0, 0.05) is 44.0 Å². The zero-order chi connectivity index (χ0) is 36.6. The van der Waals surface area contributed by atoms with Gasteiger partial charge in [0.15, 0.2) is 5.69 Å². The Morgan fingerprint density at radius 3 is 1.51 bits per heavy atom. The highest BCUT2D eigenvalue weighted by atomic mass is 15.0. The normalized spacial score (nSPS) is 11.6. The Labute approximate surface area is 316 Å². The lowest BCUT2D eigenvalue weighted by Gasteiger charge is -2.13. The molecule has 254 valence electrons. The van der Waals surface area contributed by atoms with E-state index in [4.69, 9.17) is 6.57 Å². The Hall–Kier alpha value is -7.86. The van der Waals surface area contributed by atoms with Crippen molar-refractivity contribution in [1.29, 1.82) is 5.26 Å². The van der Waals surface area contributed by atoms with Gasteiger partial charge in [-0.3, -0.25) is 0 Å². The van der Waals surface area contributed by atoms with E-state index in [0.717, 1.165) is 82.8 Å². The van der Waals surface area contributed by atoms with Gasteiger partial charge in [0.1, 0.15) is 0 Å². The van der Waals surface area contributed by atoms with Crippen LogP contribution in [-0.2, 0) is 0 Å². The van der Waals surface area contributed by atoms with Crippen LogP contribution in [0.25, 0.3) is 98.5 Å². The molecule has 11 aromatic rings. The van der Waals surface area contributed by atoms with Gasteiger partial charge in [0.25, 0.3) is 0 Å². The van der Waals surface area contributed by atoms with Crippen LogP contribution in [0.1, 0.15) is 5.56 Å². The third-order valence-corrected chi connectivity index (χ3v) is 11.0. The first-order valence-corrected chi connectivity index (χ1v) is 18.3. The number of para-hydroxylation sites is 3. The van der Waals surface area contributed by atoms with E-state index in [-0.39, 0.29) is 0 Å². The minimum absolute atomic E-state index is 0.623. The van der Waals surface area contributed by atoms with E-state index in [1.54, 1.807) is 0 Å². The molecule has 8 aromatic carbocycles. The van der Waals surface area contributed by atoms with Crippen LogP contribution >= 0.6 is 0 Å². The summed E-state index contributed by atoms with van der Waals surface area (Å²) < 4.78 is 6.99. The van der Waals surface area contributed by atoms with Crippen LogP contribution in [0.15, 0.2) is 176 Å². The first-order valence-electron chi connectivity index (χ1n) is 18.3. The van der Waals surface area contributed by atoms with Gasteiger partial charge >= 0.3 is 0 Å². The quantitative estimate of drug-likeness (QED) is 0.169. The molecule has 0 fully saturated rings. The molecule has 0 bridgehead atoms. The molecular weight excluding hydrogens is 671 g/mol. The molecule has 0 atom stereocenters. The molecule has 0 N–H and O–H groups in total. The first kappa shape index (κ1) is 30.7. The van der Waals surface area contributed by atoms with Crippen LogP contribution < -0.4 is 0 Å². The molecule has 0 aliphatic rings.